The number of nitrogens with two attached hydrogens (primary N) is 1. The molecule has 0 aliphatic carbocycles. The average Bonchev–Trinajstić information content (AvgIpc) is 2.07. The summed E-state index contributed by atoms with van der Waals surface area (Å²) in [7, 11) is 0. The van der Waals surface area contributed by atoms with E-state index in [1.807, 2.05) is 6.07 Å². The molecule has 0 aliphatic rings. The number of hydrogen-bond donors (Lipinski definition) is 1. The summed E-state index contributed by atoms with van der Waals surface area (Å²) >= 11 is 0. The van der Waals surface area contributed by atoms with Gasteiger partial charge in [0.1, 0.15) is 5.82 Å². The molecular formula is C8H14N4. The van der Waals surface area contributed by atoms with Gasteiger partial charge >= 0.3 is 0 Å². The molecule has 12 heavy (non-hydrogen) atoms. The molecule has 0 aliphatic heterocycles. The normalized spacial score (nSPS) is 9.83. The van der Waals surface area contributed by atoms with Crippen molar-refractivity contribution >= 4 is 11.5 Å². The molecule has 1 aromatic heterocycles. The van der Waals surface area contributed by atoms with Gasteiger partial charge in [0.05, 0.1) is 11.9 Å². The molecule has 1 aromatic rings. The second-order valence-corrected chi connectivity index (χ2v) is 2.51. The first-order valence-electron chi connectivity index (χ1n) is 4.11. The van der Waals surface area contributed by atoms with Gasteiger partial charge in [-0.15, -0.1) is 5.10 Å². The highest BCUT2D eigenvalue weighted by Crippen LogP contribution is 2.12. The third-order valence-corrected chi connectivity index (χ3v) is 1.79. The average molecular weight is 166 g/mol. The lowest BCUT2D eigenvalue weighted by molar-refractivity contribution is 0.855. The smallest absolute Gasteiger partial charge is 0.148 e. The van der Waals surface area contributed by atoms with Gasteiger partial charge in [-0.1, -0.05) is 0 Å². The molecule has 0 atom stereocenters. The van der Waals surface area contributed by atoms with Crippen LogP contribution in [0.5, 0.6) is 0 Å². The molecule has 4 heteroatoms. The van der Waals surface area contributed by atoms with Crippen molar-refractivity contribution in [3.8, 4) is 0 Å². The number of hydrogen-bond acceptors (Lipinski definition) is 4. The largest absolute Gasteiger partial charge is 0.382 e. The van der Waals surface area contributed by atoms with E-state index in [2.05, 4.69) is 28.9 Å². The van der Waals surface area contributed by atoms with Crippen molar-refractivity contribution < 1.29 is 0 Å². The monoisotopic (exact) mass is 166 g/mol. The summed E-state index contributed by atoms with van der Waals surface area (Å²) < 4.78 is 0. The lowest BCUT2D eigenvalue weighted by Gasteiger charge is -2.19. The Morgan fingerprint density at radius 3 is 2.58 bits per heavy atom. The number of nitrogens with zero attached hydrogens (tertiary/aromatic N) is 3. The van der Waals surface area contributed by atoms with Crippen LogP contribution in [0.15, 0.2) is 12.3 Å². The van der Waals surface area contributed by atoms with Crippen LogP contribution in [0.25, 0.3) is 0 Å². The molecule has 0 saturated carbocycles. The molecule has 1 rings (SSSR count). The third-order valence-electron chi connectivity index (χ3n) is 1.79. The summed E-state index contributed by atoms with van der Waals surface area (Å²) in [5.74, 6) is 0.472. The summed E-state index contributed by atoms with van der Waals surface area (Å²) in [5.41, 5.74) is 6.54. The van der Waals surface area contributed by atoms with E-state index in [4.69, 9.17) is 5.73 Å². The Balaban J connectivity index is 2.85. The quantitative estimate of drug-likeness (QED) is 0.725. The predicted octanol–water partition coefficient (Wildman–Crippen LogP) is 0.905. The summed E-state index contributed by atoms with van der Waals surface area (Å²) in [6, 6.07) is 1.83. The van der Waals surface area contributed by atoms with E-state index in [0.29, 0.717) is 5.82 Å². The Labute approximate surface area is 72.4 Å². The zero-order valence-electron chi connectivity index (χ0n) is 7.49. The molecule has 2 N–H and O–H groups in total. The summed E-state index contributed by atoms with van der Waals surface area (Å²) in [4.78, 5) is 2.17. The van der Waals surface area contributed by atoms with E-state index in [1.165, 1.54) is 0 Å². The highest BCUT2D eigenvalue weighted by Gasteiger charge is 2.01. The molecule has 0 amide bonds. The van der Waals surface area contributed by atoms with Crippen molar-refractivity contribution in [2.24, 2.45) is 0 Å². The zero-order chi connectivity index (χ0) is 8.97. The highest BCUT2D eigenvalue weighted by molar-refractivity contribution is 5.49. The van der Waals surface area contributed by atoms with Crippen molar-refractivity contribution in [2.45, 2.75) is 13.8 Å². The maximum Gasteiger partial charge on any atom is 0.148 e. The fourth-order valence-corrected chi connectivity index (χ4v) is 1.13. The van der Waals surface area contributed by atoms with E-state index >= 15 is 0 Å². The molecule has 0 aromatic carbocycles. The van der Waals surface area contributed by atoms with Crippen LogP contribution >= 0.6 is 0 Å². The third kappa shape index (κ3) is 1.84. The van der Waals surface area contributed by atoms with Crippen LogP contribution in [-0.2, 0) is 0 Å². The molecule has 0 bridgehead atoms. The molecular weight excluding hydrogens is 152 g/mol. The first-order chi connectivity index (χ1) is 5.77. The second kappa shape index (κ2) is 3.90. The standard InChI is InChI=1S/C8H14N4/c1-3-12(4-2)7-5-8(9)11-10-6-7/h5-6H,3-4H2,1-2H3,(H2,9,11). The SMILES string of the molecule is CCN(CC)c1cnnc(N)c1. The molecule has 0 radical (unpaired) electrons. The Morgan fingerprint density at radius 2 is 2.08 bits per heavy atom. The number of anilines is 2. The van der Waals surface area contributed by atoms with Crippen LogP contribution < -0.4 is 10.6 Å². The predicted molar refractivity (Wildman–Crippen MR) is 50.0 cm³/mol. The van der Waals surface area contributed by atoms with Gasteiger partial charge in [-0.25, -0.2) is 0 Å². The van der Waals surface area contributed by atoms with Gasteiger partial charge < -0.3 is 10.6 Å². The van der Waals surface area contributed by atoms with Crippen LogP contribution in [0, 0.1) is 0 Å². The number of rotatable bonds is 3. The lowest BCUT2D eigenvalue weighted by atomic mass is 10.4. The van der Waals surface area contributed by atoms with E-state index in [1.54, 1.807) is 6.20 Å². The Bertz CT molecular complexity index is 245. The van der Waals surface area contributed by atoms with Gasteiger partial charge in [-0.2, -0.15) is 5.10 Å². The molecule has 0 saturated heterocycles. The first-order valence-corrected chi connectivity index (χ1v) is 4.11. The van der Waals surface area contributed by atoms with Crippen LogP contribution in [-0.4, -0.2) is 23.3 Å². The molecule has 1 heterocycles. The van der Waals surface area contributed by atoms with Gasteiger partial charge in [0.15, 0.2) is 0 Å². The van der Waals surface area contributed by atoms with Crippen molar-refractivity contribution in [1.82, 2.24) is 10.2 Å². The lowest BCUT2D eigenvalue weighted by Crippen LogP contribution is -2.22. The van der Waals surface area contributed by atoms with Gasteiger partial charge in [-0.3, -0.25) is 0 Å². The maximum absolute atomic E-state index is 5.51. The zero-order valence-corrected chi connectivity index (χ0v) is 7.49. The molecule has 4 nitrogen and oxygen atoms in total. The summed E-state index contributed by atoms with van der Waals surface area (Å²) in [6.45, 7) is 6.11. The first kappa shape index (κ1) is 8.77. The number of aromatic nitrogens is 2. The van der Waals surface area contributed by atoms with Crippen LogP contribution in [0.4, 0.5) is 11.5 Å². The van der Waals surface area contributed by atoms with Crippen LogP contribution in [0.2, 0.25) is 0 Å². The van der Waals surface area contributed by atoms with E-state index in [-0.39, 0.29) is 0 Å². The minimum absolute atomic E-state index is 0.472. The van der Waals surface area contributed by atoms with Crippen molar-refractivity contribution in [3.05, 3.63) is 12.3 Å². The topological polar surface area (TPSA) is 55.0 Å². The fourth-order valence-electron chi connectivity index (χ4n) is 1.13. The van der Waals surface area contributed by atoms with Gasteiger partial charge in [0, 0.05) is 19.2 Å². The fraction of sp³-hybridized carbons (Fsp3) is 0.500. The minimum atomic E-state index is 0.472. The Hall–Kier alpha value is -1.32. The summed E-state index contributed by atoms with van der Waals surface area (Å²) in [5, 5.41) is 7.48. The Morgan fingerprint density at radius 1 is 1.42 bits per heavy atom. The van der Waals surface area contributed by atoms with Gasteiger partial charge in [0.25, 0.3) is 0 Å². The Kier molecular flexibility index (Phi) is 2.85. The van der Waals surface area contributed by atoms with Crippen molar-refractivity contribution in [1.29, 1.82) is 0 Å². The van der Waals surface area contributed by atoms with E-state index < -0.39 is 0 Å². The molecule has 0 unspecified atom stereocenters. The van der Waals surface area contributed by atoms with Crippen LogP contribution in [0.1, 0.15) is 13.8 Å². The summed E-state index contributed by atoms with van der Waals surface area (Å²) in [6.07, 6.45) is 1.73. The van der Waals surface area contributed by atoms with E-state index in [9.17, 15) is 0 Å². The van der Waals surface area contributed by atoms with Crippen LogP contribution in [0.3, 0.4) is 0 Å². The van der Waals surface area contributed by atoms with Crippen molar-refractivity contribution in [3.63, 3.8) is 0 Å². The molecule has 0 fully saturated rings. The maximum atomic E-state index is 5.51. The molecule has 66 valence electrons. The molecule has 0 spiro atoms. The number of nitrogen functional groups attached to an aromatic ring is 1. The van der Waals surface area contributed by atoms with Gasteiger partial charge in [0.2, 0.25) is 0 Å². The highest BCUT2D eigenvalue weighted by atomic mass is 15.2. The van der Waals surface area contributed by atoms with E-state index in [0.717, 1.165) is 18.8 Å². The van der Waals surface area contributed by atoms with Gasteiger partial charge in [-0.05, 0) is 13.8 Å². The minimum Gasteiger partial charge on any atom is -0.382 e. The van der Waals surface area contributed by atoms with Crippen molar-refractivity contribution in [2.75, 3.05) is 23.7 Å². The second-order valence-electron chi connectivity index (χ2n) is 2.51.